The van der Waals surface area contributed by atoms with Crippen LogP contribution in [0.4, 0.5) is 4.39 Å². The summed E-state index contributed by atoms with van der Waals surface area (Å²) in [7, 11) is 0. The van der Waals surface area contributed by atoms with E-state index in [0.29, 0.717) is 9.50 Å². The van der Waals surface area contributed by atoms with E-state index in [1.165, 1.54) is 19.1 Å². The minimum atomic E-state index is -0.564. The quantitative estimate of drug-likeness (QED) is 0.335. The normalized spacial score (nSPS) is 11.2. The monoisotopic (exact) mass is 392 g/mol. The molecule has 8 heteroatoms. The van der Waals surface area contributed by atoms with Crippen molar-refractivity contribution in [2.75, 3.05) is 13.2 Å². The number of esters is 1. The molecule has 5 nitrogen and oxygen atoms in total. The Kier molecular flexibility index (Phi) is 7.47. The van der Waals surface area contributed by atoms with Crippen LogP contribution in [0.15, 0.2) is 21.7 Å². The summed E-state index contributed by atoms with van der Waals surface area (Å²) in [6.45, 7) is 3.24. The van der Waals surface area contributed by atoms with Crippen LogP contribution < -0.4 is 5.43 Å². The topological polar surface area (TPSA) is 67.8 Å². The third kappa shape index (κ3) is 5.38. The second-order valence-corrected chi connectivity index (χ2v) is 5.49. The Balaban J connectivity index is 2.60. The largest absolute Gasteiger partial charge is 0.461 e. The van der Waals surface area contributed by atoms with Crippen molar-refractivity contribution in [1.82, 2.24) is 5.43 Å². The van der Waals surface area contributed by atoms with Crippen LogP contribution in [0.3, 0.4) is 0 Å². The van der Waals surface area contributed by atoms with Crippen molar-refractivity contribution in [1.29, 1.82) is 0 Å². The molecule has 22 heavy (non-hydrogen) atoms. The van der Waals surface area contributed by atoms with E-state index < -0.39 is 11.8 Å². The van der Waals surface area contributed by atoms with Crippen LogP contribution in [0.25, 0.3) is 0 Å². The molecule has 0 aromatic heterocycles. The highest BCUT2D eigenvalue weighted by Gasteiger charge is 2.14. The number of rotatable bonds is 7. The van der Waals surface area contributed by atoms with E-state index in [-0.39, 0.29) is 36.6 Å². The van der Waals surface area contributed by atoms with Crippen molar-refractivity contribution >= 4 is 45.0 Å². The molecule has 120 valence electrons. The van der Waals surface area contributed by atoms with Gasteiger partial charge in [0.25, 0.3) is 0 Å². The van der Waals surface area contributed by atoms with Gasteiger partial charge in [-0.3, -0.25) is 4.79 Å². The molecule has 1 rings (SSSR count). The average molecular weight is 394 g/mol. The zero-order chi connectivity index (χ0) is 16.7. The number of nitrogens with zero attached hydrogens (tertiary/aromatic N) is 1. The zero-order valence-electron chi connectivity index (χ0n) is 12.1. The molecule has 0 aliphatic rings. The van der Waals surface area contributed by atoms with Crippen LogP contribution in [0.5, 0.6) is 0 Å². The highest BCUT2D eigenvalue weighted by molar-refractivity contribution is 9.10. The number of nitrogens with one attached hydrogen (secondary N) is 1. The van der Waals surface area contributed by atoms with Crippen molar-refractivity contribution in [3.63, 3.8) is 0 Å². The highest BCUT2D eigenvalue weighted by Crippen LogP contribution is 2.28. The number of hydrazone groups is 1. The summed E-state index contributed by atoms with van der Waals surface area (Å²) in [5, 5.41) is 4.05. The smallest absolute Gasteiger partial charge is 0.354 e. The number of Topliss-reactive ketones (excluding diaryl/α,β-unsaturated/α-hetero) is 1. The van der Waals surface area contributed by atoms with Gasteiger partial charge in [0.15, 0.2) is 5.78 Å². The van der Waals surface area contributed by atoms with E-state index in [1.807, 2.05) is 0 Å². The average Bonchev–Trinajstić information content (AvgIpc) is 2.47. The van der Waals surface area contributed by atoms with E-state index in [4.69, 9.17) is 16.3 Å². The van der Waals surface area contributed by atoms with Gasteiger partial charge in [0.1, 0.15) is 11.5 Å². The lowest BCUT2D eigenvalue weighted by molar-refractivity contribution is -0.135. The molecule has 0 radical (unpaired) electrons. The standard InChI is InChI=1S/C14H15BrClFN2O3/c1-3-22-14(21)8(2)19-18-7-9(20)6-10-12(17)5-4-11(16)13(10)15/h4-5,18H,3,6-7H2,1-2H3/b19-8-. The Labute approximate surface area is 141 Å². The molecule has 0 unspecified atom stereocenters. The maximum Gasteiger partial charge on any atom is 0.354 e. The summed E-state index contributed by atoms with van der Waals surface area (Å²) < 4.78 is 18.8. The number of halogens is 3. The number of hydrogen-bond acceptors (Lipinski definition) is 5. The fraction of sp³-hybridized carbons (Fsp3) is 0.357. The van der Waals surface area contributed by atoms with Gasteiger partial charge in [0.05, 0.1) is 18.2 Å². The molecule has 1 aromatic rings. The van der Waals surface area contributed by atoms with Crippen LogP contribution in [0.1, 0.15) is 19.4 Å². The van der Waals surface area contributed by atoms with E-state index in [9.17, 15) is 14.0 Å². The molecule has 0 saturated heterocycles. The van der Waals surface area contributed by atoms with Gasteiger partial charge in [-0.05, 0) is 41.9 Å². The first-order chi connectivity index (χ1) is 10.4. The number of benzene rings is 1. The van der Waals surface area contributed by atoms with Crippen molar-refractivity contribution in [2.24, 2.45) is 5.10 Å². The molecule has 0 fully saturated rings. The molecule has 0 aliphatic heterocycles. The van der Waals surface area contributed by atoms with Crippen molar-refractivity contribution in [3.8, 4) is 0 Å². The zero-order valence-corrected chi connectivity index (χ0v) is 14.4. The summed E-state index contributed by atoms with van der Waals surface area (Å²) in [4.78, 5) is 23.1. The van der Waals surface area contributed by atoms with Gasteiger partial charge in [0.2, 0.25) is 0 Å². The van der Waals surface area contributed by atoms with Crippen LogP contribution in [-0.2, 0) is 20.7 Å². The van der Waals surface area contributed by atoms with Crippen LogP contribution >= 0.6 is 27.5 Å². The van der Waals surface area contributed by atoms with Crippen molar-refractivity contribution < 1.29 is 18.7 Å². The van der Waals surface area contributed by atoms with Crippen LogP contribution in [-0.4, -0.2) is 30.6 Å². The molecule has 1 N–H and O–H groups in total. The number of ether oxygens (including phenoxy) is 1. The maximum absolute atomic E-state index is 13.7. The lowest BCUT2D eigenvalue weighted by atomic mass is 10.1. The van der Waals surface area contributed by atoms with E-state index in [2.05, 4.69) is 26.5 Å². The van der Waals surface area contributed by atoms with Gasteiger partial charge in [0, 0.05) is 16.5 Å². The fourth-order valence-electron chi connectivity index (χ4n) is 1.52. The lowest BCUT2D eigenvalue weighted by Crippen LogP contribution is -2.24. The first kappa shape index (κ1) is 18.6. The van der Waals surface area contributed by atoms with Gasteiger partial charge in [-0.15, -0.1) is 0 Å². The van der Waals surface area contributed by atoms with E-state index in [1.54, 1.807) is 6.92 Å². The molecule has 0 aliphatic carbocycles. The maximum atomic E-state index is 13.7. The minimum absolute atomic E-state index is 0.102. The molecule has 1 aromatic carbocycles. The number of ketones is 1. The van der Waals surface area contributed by atoms with Gasteiger partial charge in [-0.2, -0.15) is 5.10 Å². The first-order valence-electron chi connectivity index (χ1n) is 6.45. The predicted molar refractivity (Wildman–Crippen MR) is 85.6 cm³/mol. The molecule has 0 saturated carbocycles. The summed E-state index contributed by atoms with van der Waals surface area (Å²) >= 11 is 9.02. The molecule has 0 spiro atoms. The predicted octanol–water partition coefficient (Wildman–Crippen LogP) is 2.88. The summed E-state index contributed by atoms with van der Waals surface area (Å²) in [6, 6.07) is 2.60. The Morgan fingerprint density at radius 1 is 1.45 bits per heavy atom. The van der Waals surface area contributed by atoms with E-state index in [0.717, 1.165) is 0 Å². The molecular formula is C14H15BrClFN2O3. The van der Waals surface area contributed by atoms with Crippen LogP contribution in [0, 0.1) is 5.82 Å². The minimum Gasteiger partial charge on any atom is -0.461 e. The summed E-state index contributed by atoms with van der Waals surface area (Å²) in [5.41, 5.74) is 2.75. The number of hydrogen-bond donors (Lipinski definition) is 1. The van der Waals surface area contributed by atoms with Crippen molar-refractivity contribution in [3.05, 3.63) is 33.0 Å². The van der Waals surface area contributed by atoms with Gasteiger partial charge >= 0.3 is 5.97 Å². The Hall–Kier alpha value is -1.47. The van der Waals surface area contributed by atoms with Crippen molar-refractivity contribution in [2.45, 2.75) is 20.3 Å². The number of carbonyl (C=O) groups is 2. The Bertz CT molecular complexity index is 608. The second kappa shape index (κ2) is 8.85. The van der Waals surface area contributed by atoms with Gasteiger partial charge < -0.3 is 10.2 Å². The van der Waals surface area contributed by atoms with Crippen LogP contribution in [0.2, 0.25) is 5.02 Å². The summed E-state index contributed by atoms with van der Waals surface area (Å²) in [6.07, 6.45) is -0.145. The fourth-order valence-corrected chi connectivity index (χ4v) is 2.16. The first-order valence-corrected chi connectivity index (χ1v) is 7.62. The lowest BCUT2D eigenvalue weighted by Gasteiger charge is -2.07. The molecule has 0 heterocycles. The number of carbonyl (C=O) groups excluding carboxylic acids is 2. The SMILES string of the molecule is CCOC(=O)/C(C)=N\NCC(=O)Cc1c(F)ccc(Cl)c1Br. The molecule has 0 atom stereocenters. The summed E-state index contributed by atoms with van der Waals surface area (Å²) in [5.74, 6) is -1.39. The molecular weight excluding hydrogens is 379 g/mol. The molecule has 0 amide bonds. The third-order valence-electron chi connectivity index (χ3n) is 2.61. The third-order valence-corrected chi connectivity index (χ3v) is 4.06. The Morgan fingerprint density at radius 2 is 2.14 bits per heavy atom. The second-order valence-electron chi connectivity index (χ2n) is 4.29. The highest BCUT2D eigenvalue weighted by atomic mass is 79.9. The van der Waals surface area contributed by atoms with Gasteiger partial charge in [-0.1, -0.05) is 11.6 Å². The van der Waals surface area contributed by atoms with Gasteiger partial charge in [-0.25, -0.2) is 9.18 Å². The van der Waals surface area contributed by atoms with E-state index >= 15 is 0 Å². The molecule has 0 bridgehead atoms. The Morgan fingerprint density at radius 3 is 2.77 bits per heavy atom.